The predicted molar refractivity (Wildman–Crippen MR) is 106 cm³/mol. The number of carbonyl (C=O) groups excluding carboxylic acids is 1. The van der Waals surface area contributed by atoms with Crippen molar-refractivity contribution in [2.45, 2.75) is 19.6 Å². The van der Waals surface area contributed by atoms with Crippen molar-refractivity contribution in [2.75, 3.05) is 0 Å². The zero-order chi connectivity index (χ0) is 19.3. The molecule has 1 heterocycles. The minimum Gasteiger partial charge on any atom is -0.480 e. The maximum absolute atomic E-state index is 12.4. The van der Waals surface area contributed by atoms with Gasteiger partial charge in [0.25, 0.3) is 5.91 Å². The molecule has 140 valence electrons. The summed E-state index contributed by atoms with van der Waals surface area (Å²) in [5.74, 6) is 1.24. The Kier molecular flexibility index (Phi) is 5.01. The van der Waals surface area contributed by atoms with E-state index in [-0.39, 0.29) is 12.5 Å². The van der Waals surface area contributed by atoms with E-state index in [0.29, 0.717) is 17.5 Å². The Morgan fingerprint density at radius 2 is 1.79 bits per heavy atom. The Bertz CT molecular complexity index is 1090. The van der Waals surface area contributed by atoms with Crippen molar-refractivity contribution in [1.29, 1.82) is 0 Å². The van der Waals surface area contributed by atoms with E-state index >= 15 is 0 Å². The van der Waals surface area contributed by atoms with Crippen LogP contribution in [0, 0.1) is 0 Å². The van der Waals surface area contributed by atoms with Crippen molar-refractivity contribution in [3.8, 4) is 17.1 Å². The molecule has 0 saturated heterocycles. The van der Waals surface area contributed by atoms with Gasteiger partial charge in [0.15, 0.2) is 6.10 Å². The van der Waals surface area contributed by atoms with E-state index in [9.17, 15) is 4.79 Å². The summed E-state index contributed by atoms with van der Waals surface area (Å²) in [6, 6.07) is 23.2. The Balaban J connectivity index is 1.38. The normalized spacial score (nSPS) is 11.9. The number of amides is 1. The molecule has 1 aromatic heterocycles. The van der Waals surface area contributed by atoms with Crippen LogP contribution in [0.3, 0.4) is 0 Å². The lowest BCUT2D eigenvalue weighted by Gasteiger charge is -2.15. The molecule has 3 aromatic carbocycles. The molecule has 0 saturated carbocycles. The quantitative estimate of drug-likeness (QED) is 0.553. The van der Waals surface area contributed by atoms with Gasteiger partial charge in [-0.05, 0) is 18.4 Å². The molecule has 4 rings (SSSR count). The number of ether oxygens (including phenoxy) is 1. The van der Waals surface area contributed by atoms with Crippen LogP contribution in [0.25, 0.3) is 22.2 Å². The highest BCUT2D eigenvalue weighted by atomic mass is 16.5. The maximum Gasteiger partial charge on any atom is 0.261 e. The Hall–Kier alpha value is -3.67. The molecular weight excluding hydrogens is 354 g/mol. The van der Waals surface area contributed by atoms with Crippen molar-refractivity contribution in [3.05, 3.63) is 78.7 Å². The van der Waals surface area contributed by atoms with Gasteiger partial charge in [0.05, 0.1) is 6.54 Å². The van der Waals surface area contributed by atoms with Gasteiger partial charge in [-0.15, -0.1) is 0 Å². The van der Waals surface area contributed by atoms with Gasteiger partial charge in [-0.1, -0.05) is 71.9 Å². The smallest absolute Gasteiger partial charge is 0.261 e. The van der Waals surface area contributed by atoms with E-state index in [0.717, 1.165) is 16.3 Å². The first-order valence-electron chi connectivity index (χ1n) is 9.01. The van der Waals surface area contributed by atoms with Crippen molar-refractivity contribution in [3.63, 3.8) is 0 Å². The molecule has 1 atom stereocenters. The molecule has 0 unspecified atom stereocenters. The summed E-state index contributed by atoms with van der Waals surface area (Å²) in [6.45, 7) is 1.85. The zero-order valence-electron chi connectivity index (χ0n) is 15.3. The third kappa shape index (κ3) is 3.86. The number of benzene rings is 3. The maximum atomic E-state index is 12.4. The summed E-state index contributed by atoms with van der Waals surface area (Å²) < 4.78 is 11.1. The molecule has 0 aliphatic rings. The first kappa shape index (κ1) is 17.7. The van der Waals surface area contributed by atoms with Gasteiger partial charge in [0.1, 0.15) is 5.75 Å². The molecule has 0 radical (unpaired) electrons. The number of nitrogens with zero attached hydrogens (tertiary/aromatic N) is 2. The van der Waals surface area contributed by atoms with Gasteiger partial charge in [-0.25, -0.2) is 0 Å². The SMILES string of the molecule is C[C@H](Oc1cccc2ccccc12)C(=O)NCc1nc(-c2ccccc2)no1. The molecule has 0 aliphatic heterocycles. The van der Waals surface area contributed by atoms with E-state index in [4.69, 9.17) is 9.26 Å². The van der Waals surface area contributed by atoms with Crippen molar-refractivity contribution < 1.29 is 14.1 Å². The van der Waals surface area contributed by atoms with Gasteiger partial charge in [0, 0.05) is 10.9 Å². The lowest BCUT2D eigenvalue weighted by molar-refractivity contribution is -0.127. The predicted octanol–water partition coefficient (Wildman–Crippen LogP) is 3.97. The van der Waals surface area contributed by atoms with E-state index in [2.05, 4.69) is 15.5 Å². The molecule has 0 fully saturated rings. The van der Waals surface area contributed by atoms with Crippen LogP contribution in [0.4, 0.5) is 0 Å². The molecule has 4 aromatic rings. The average Bonchev–Trinajstić information content (AvgIpc) is 3.22. The standard InChI is InChI=1S/C22H19N3O3/c1-15(27-19-13-7-11-16-8-5-6-12-18(16)19)22(26)23-14-20-24-21(25-28-20)17-9-3-2-4-10-17/h2-13,15H,14H2,1H3,(H,23,26)/t15-/m0/s1. The number of aromatic nitrogens is 2. The fourth-order valence-electron chi connectivity index (χ4n) is 2.88. The molecule has 0 spiro atoms. The van der Waals surface area contributed by atoms with E-state index in [1.807, 2.05) is 72.8 Å². The van der Waals surface area contributed by atoms with Gasteiger partial charge >= 0.3 is 0 Å². The summed E-state index contributed by atoms with van der Waals surface area (Å²) in [5, 5.41) is 8.74. The van der Waals surface area contributed by atoms with Crippen LogP contribution in [-0.2, 0) is 11.3 Å². The Morgan fingerprint density at radius 3 is 2.64 bits per heavy atom. The molecule has 0 bridgehead atoms. The highest BCUT2D eigenvalue weighted by Gasteiger charge is 2.17. The van der Waals surface area contributed by atoms with Crippen LogP contribution in [0.15, 0.2) is 77.3 Å². The van der Waals surface area contributed by atoms with Crippen molar-refractivity contribution >= 4 is 16.7 Å². The number of rotatable bonds is 6. The second kappa shape index (κ2) is 7.92. The highest BCUT2D eigenvalue weighted by Crippen LogP contribution is 2.26. The van der Waals surface area contributed by atoms with Crippen LogP contribution in [-0.4, -0.2) is 22.2 Å². The number of hydrogen-bond donors (Lipinski definition) is 1. The highest BCUT2D eigenvalue weighted by molar-refractivity contribution is 5.89. The van der Waals surface area contributed by atoms with Crippen LogP contribution in [0.1, 0.15) is 12.8 Å². The summed E-state index contributed by atoms with van der Waals surface area (Å²) >= 11 is 0. The largest absolute Gasteiger partial charge is 0.480 e. The second-order valence-electron chi connectivity index (χ2n) is 6.33. The van der Waals surface area contributed by atoms with E-state index < -0.39 is 6.10 Å². The molecule has 1 N–H and O–H groups in total. The third-order valence-electron chi connectivity index (χ3n) is 4.34. The van der Waals surface area contributed by atoms with Gasteiger partial charge in [0.2, 0.25) is 11.7 Å². The van der Waals surface area contributed by atoms with Crippen LogP contribution < -0.4 is 10.1 Å². The summed E-state index contributed by atoms with van der Waals surface area (Å²) in [7, 11) is 0. The van der Waals surface area contributed by atoms with Crippen LogP contribution in [0.5, 0.6) is 5.75 Å². The van der Waals surface area contributed by atoms with E-state index in [1.54, 1.807) is 6.92 Å². The third-order valence-corrected chi connectivity index (χ3v) is 4.34. The van der Waals surface area contributed by atoms with E-state index in [1.165, 1.54) is 0 Å². The molecule has 0 aliphatic carbocycles. The monoisotopic (exact) mass is 373 g/mol. The first-order valence-corrected chi connectivity index (χ1v) is 9.01. The molecular formula is C22H19N3O3. The van der Waals surface area contributed by atoms with Crippen molar-refractivity contribution in [2.24, 2.45) is 0 Å². The lowest BCUT2D eigenvalue weighted by atomic mass is 10.1. The first-order chi connectivity index (χ1) is 13.7. The number of fused-ring (bicyclic) bond motifs is 1. The topological polar surface area (TPSA) is 77.2 Å². The van der Waals surface area contributed by atoms with Crippen molar-refractivity contribution in [1.82, 2.24) is 15.5 Å². The molecule has 1 amide bonds. The Labute approximate surface area is 162 Å². The lowest BCUT2D eigenvalue weighted by Crippen LogP contribution is -2.36. The second-order valence-corrected chi connectivity index (χ2v) is 6.33. The van der Waals surface area contributed by atoms with Crippen LogP contribution in [0.2, 0.25) is 0 Å². The Morgan fingerprint density at radius 1 is 1.04 bits per heavy atom. The summed E-state index contributed by atoms with van der Waals surface area (Å²) in [4.78, 5) is 16.7. The van der Waals surface area contributed by atoms with Gasteiger partial charge in [-0.3, -0.25) is 4.79 Å². The summed E-state index contributed by atoms with van der Waals surface area (Å²) in [5.41, 5.74) is 0.858. The van der Waals surface area contributed by atoms with Gasteiger partial charge in [-0.2, -0.15) is 4.98 Å². The average molecular weight is 373 g/mol. The minimum atomic E-state index is -0.665. The number of carbonyl (C=O) groups is 1. The van der Waals surface area contributed by atoms with Crippen LogP contribution >= 0.6 is 0 Å². The number of nitrogens with one attached hydrogen (secondary N) is 1. The fourth-order valence-corrected chi connectivity index (χ4v) is 2.88. The fraction of sp³-hybridized carbons (Fsp3) is 0.136. The van der Waals surface area contributed by atoms with Gasteiger partial charge < -0.3 is 14.6 Å². The minimum absolute atomic E-state index is 0.141. The molecule has 6 nitrogen and oxygen atoms in total. The zero-order valence-corrected chi connectivity index (χ0v) is 15.3. The number of hydrogen-bond acceptors (Lipinski definition) is 5. The molecule has 6 heteroatoms. The molecule has 28 heavy (non-hydrogen) atoms. The summed E-state index contributed by atoms with van der Waals surface area (Å²) in [6.07, 6.45) is -0.665.